The maximum absolute atomic E-state index is 2.60. The highest BCUT2D eigenvalue weighted by molar-refractivity contribution is 7.17. The summed E-state index contributed by atoms with van der Waals surface area (Å²) >= 11 is 1.92. The van der Waals surface area contributed by atoms with Crippen molar-refractivity contribution in [3.8, 4) is 0 Å². The van der Waals surface area contributed by atoms with E-state index in [-0.39, 0.29) is 0 Å². The lowest BCUT2D eigenvalue weighted by Gasteiger charge is -2.28. The minimum absolute atomic E-state index is 0.976. The Labute approximate surface area is 171 Å². The number of hydrogen-bond acceptors (Lipinski definition) is 2. The third kappa shape index (κ3) is 3.19. The fourth-order valence-corrected chi connectivity index (χ4v) is 5.69. The molecule has 2 nitrogen and oxygen atoms in total. The van der Waals surface area contributed by atoms with Crippen molar-refractivity contribution in [1.82, 2.24) is 9.47 Å². The fraction of sp³-hybridized carbons (Fsp3) is 0.280. The van der Waals surface area contributed by atoms with Crippen LogP contribution in [0.15, 0.2) is 60.0 Å². The molecule has 0 atom stereocenters. The Morgan fingerprint density at radius 1 is 0.929 bits per heavy atom. The molecule has 0 fully saturated rings. The number of benzene rings is 2. The van der Waals surface area contributed by atoms with Crippen LogP contribution in [0.2, 0.25) is 0 Å². The zero-order chi connectivity index (χ0) is 19.1. The summed E-state index contributed by atoms with van der Waals surface area (Å²) in [6, 6.07) is 19.8. The highest BCUT2D eigenvalue weighted by Crippen LogP contribution is 2.37. The maximum atomic E-state index is 2.60. The molecular formula is C25H26N2S. The molecule has 0 aliphatic carbocycles. The normalized spacial score (nSPS) is 14.5. The lowest BCUT2D eigenvalue weighted by molar-refractivity contribution is 0.244. The summed E-state index contributed by atoms with van der Waals surface area (Å²) in [5, 5.41) is 2.33. The second-order valence-corrected chi connectivity index (χ2v) is 8.92. The van der Waals surface area contributed by atoms with Gasteiger partial charge in [-0.25, -0.2) is 0 Å². The number of rotatable bonds is 4. The Kier molecular flexibility index (Phi) is 4.58. The van der Waals surface area contributed by atoms with E-state index in [1.165, 1.54) is 32.5 Å². The number of aromatic nitrogens is 1. The first kappa shape index (κ1) is 17.7. The van der Waals surface area contributed by atoms with Crippen molar-refractivity contribution in [2.75, 3.05) is 6.54 Å². The fourth-order valence-electron chi connectivity index (χ4n) is 4.58. The Morgan fingerprint density at radius 2 is 1.75 bits per heavy atom. The third-order valence-electron chi connectivity index (χ3n) is 5.88. The number of fused-ring (bicyclic) bond motifs is 3. The van der Waals surface area contributed by atoms with Crippen LogP contribution in [0, 0.1) is 13.8 Å². The summed E-state index contributed by atoms with van der Waals surface area (Å²) in [4.78, 5) is 2.60. The van der Waals surface area contributed by atoms with Crippen molar-refractivity contribution in [1.29, 1.82) is 0 Å². The topological polar surface area (TPSA) is 8.17 Å². The van der Waals surface area contributed by atoms with Crippen molar-refractivity contribution in [3.63, 3.8) is 0 Å². The molecule has 142 valence electrons. The van der Waals surface area contributed by atoms with Crippen LogP contribution >= 0.6 is 11.3 Å². The van der Waals surface area contributed by atoms with Crippen LogP contribution < -0.4 is 0 Å². The smallest absolute Gasteiger partial charge is 0.0628 e. The molecule has 4 aromatic rings. The molecule has 5 rings (SSSR count). The van der Waals surface area contributed by atoms with E-state index in [1.54, 1.807) is 11.3 Å². The average molecular weight is 387 g/mol. The monoisotopic (exact) mass is 386 g/mol. The van der Waals surface area contributed by atoms with E-state index in [9.17, 15) is 0 Å². The van der Waals surface area contributed by atoms with Crippen molar-refractivity contribution >= 4 is 21.6 Å². The van der Waals surface area contributed by atoms with Gasteiger partial charge in [-0.1, -0.05) is 60.2 Å². The molecule has 1 aliphatic rings. The highest BCUT2D eigenvalue weighted by atomic mass is 32.1. The van der Waals surface area contributed by atoms with E-state index in [0.717, 1.165) is 32.6 Å². The largest absolute Gasteiger partial charge is 0.339 e. The summed E-state index contributed by atoms with van der Waals surface area (Å²) in [6.07, 6.45) is 1.13. The lowest BCUT2D eigenvalue weighted by Crippen LogP contribution is -2.30. The van der Waals surface area contributed by atoms with Gasteiger partial charge in [0.15, 0.2) is 0 Å². The van der Waals surface area contributed by atoms with Gasteiger partial charge in [0, 0.05) is 43.9 Å². The Balaban J connectivity index is 1.51. The molecule has 0 bridgehead atoms. The highest BCUT2D eigenvalue weighted by Gasteiger charge is 2.26. The molecule has 28 heavy (non-hydrogen) atoms. The van der Waals surface area contributed by atoms with Crippen LogP contribution in [-0.2, 0) is 26.1 Å². The molecule has 2 aromatic heterocycles. The van der Waals surface area contributed by atoms with Crippen molar-refractivity contribution in [2.24, 2.45) is 0 Å². The molecule has 0 spiro atoms. The molecule has 0 saturated carbocycles. The molecule has 2 aromatic carbocycles. The van der Waals surface area contributed by atoms with Gasteiger partial charge in [-0.15, -0.1) is 11.3 Å². The van der Waals surface area contributed by atoms with Crippen LogP contribution in [0.5, 0.6) is 0 Å². The minimum Gasteiger partial charge on any atom is -0.339 e. The third-order valence-corrected chi connectivity index (χ3v) is 7.03. The molecule has 3 heterocycles. The molecule has 0 N–H and O–H groups in total. The van der Waals surface area contributed by atoms with Gasteiger partial charge in [-0.2, -0.15) is 0 Å². The zero-order valence-corrected chi connectivity index (χ0v) is 17.4. The van der Waals surface area contributed by atoms with Crippen LogP contribution in [0.4, 0.5) is 0 Å². The van der Waals surface area contributed by atoms with Crippen molar-refractivity contribution in [3.05, 3.63) is 93.5 Å². The quantitative estimate of drug-likeness (QED) is 0.422. The Hall–Kier alpha value is -2.36. The first-order chi connectivity index (χ1) is 13.7. The van der Waals surface area contributed by atoms with Gasteiger partial charge >= 0.3 is 0 Å². The Morgan fingerprint density at radius 3 is 2.57 bits per heavy atom. The van der Waals surface area contributed by atoms with Crippen LogP contribution in [0.3, 0.4) is 0 Å². The summed E-state index contributed by atoms with van der Waals surface area (Å²) in [6.45, 7) is 8.65. The number of nitrogens with zero attached hydrogens (tertiary/aromatic N) is 2. The van der Waals surface area contributed by atoms with E-state index < -0.39 is 0 Å². The van der Waals surface area contributed by atoms with Crippen LogP contribution in [0.1, 0.15) is 33.5 Å². The van der Waals surface area contributed by atoms with Gasteiger partial charge in [0.1, 0.15) is 0 Å². The predicted molar refractivity (Wildman–Crippen MR) is 119 cm³/mol. The van der Waals surface area contributed by atoms with Crippen molar-refractivity contribution < 1.29 is 0 Å². The molecular weight excluding hydrogens is 360 g/mol. The first-order valence-corrected chi connectivity index (χ1v) is 11.0. The summed E-state index contributed by atoms with van der Waals surface area (Å²) in [7, 11) is 0. The molecule has 1 aliphatic heterocycles. The lowest BCUT2D eigenvalue weighted by atomic mass is 10.1. The molecule has 0 unspecified atom stereocenters. The van der Waals surface area contributed by atoms with Gasteiger partial charge in [0.05, 0.1) is 10.2 Å². The van der Waals surface area contributed by atoms with Gasteiger partial charge in [0.2, 0.25) is 0 Å². The summed E-state index contributed by atoms with van der Waals surface area (Å²) in [5.74, 6) is 0. The maximum Gasteiger partial charge on any atom is 0.0628 e. The van der Waals surface area contributed by atoms with Crippen LogP contribution in [-0.4, -0.2) is 16.0 Å². The van der Waals surface area contributed by atoms with Gasteiger partial charge < -0.3 is 4.57 Å². The van der Waals surface area contributed by atoms with Gasteiger partial charge in [-0.05, 0) is 35.9 Å². The molecule has 0 saturated heterocycles. The molecule has 3 heteroatoms. The van der Waals surface area contributed by atoms with E-state index in [0.29, 0.717) is 0 Å². The van der Waals surface area contributed by atoms with Crippen molar-refractivity contribution in [2.45, 2.75) is 39.9 Å². The Bertz CT molecular complexity index is 1120. The SMILES string of the molecule is Cc1cccc(Cn2c3c(c4scc(C)c42)CN(Cc2ccccc2)CC3)c1. The second kappa shape index (κ2) is 7.23. The summed E-state index contributed by atoms with van der Waals surface area (Å²) in [5.41, 5.74) is 10.1. The van der Waals surface area contributed by atoms with E-state index in [4.69, 9.17) is 0 Å². The van der Waals surface area contributed by atoms with Crippen LogP contribution in [0.25, 0.3) is 10.2 Å². The number of thiophene rings is 1. The predicted octanol–water partition coefficient (Wildman–Crippen LogP) is 5.93. The van der Waals surface area contributed by atoms with E-state index in [2.05, 4.69) is 83.3 Å². The van der Waals surface area contributed by atoms with Gasteiger partial charge in [0.25, 0.3) is 0 Å². The number of aryl methyl sites for hydroxylation is 2. The van der Waals surface area contributed by atoms with Gasteiger partial charge in [-0.3, -0.25) is 4.90 Å². The molecule has 0 radical (unpaired) electrons. The first-order valence-electron chi connectivity index (χ1n) is 10.1. The second-order valence-electron chi connectivity index (χ2n) is 8.04. The number of hydrogen-bond donors (Lipinski definition) is 0. The summed E-state index contributed by atoms with van der Waals surface area (Å²) < 4.78 is 4.10. The molecule has 0 amide bonds. The zero-order valence-electron chi connectivity index (χ0n) is 16.6. The minimum atomic E-state index is 0.976. The van der Waals surface area contributed by atoms with E-state index in [1.807, 2.05) is 11.3 Å². The van der Waals surface area contributed by atoms with E-state index >= 15 is 0 Å². The standard InChI is InChI=1S/C25H26N2S/c1-18-7-6-10-21(13-18)15-27-23-11-12-26(14-20-8-4-3-5-9-20)16-22(23)25-24(27)19(2)17-28-25/h3-10,13,17H,11-12,14-16H2,1-2H3. The average Bonchev–Trinajstić information content (AvgIpc) is 3.22.